The number of aryl methyl sites for hydroxylation is 1. The van der Waals surface area contributed by atoms with E-state index in [9.17, 15) is 22.8 Å². The molecule has 0 spiro atoms. The number of hydrogen-bond donors (Lipinski definition) is 1. The van der Waals surface area contributed by atoms with Gasteiger partial charge in [0, 0.05) is 5.56 Å². The molecule has 0 unspecified atom stereocenters. The number of methoxy groups -OCH3 is 4. The Balaban J connectivity index is 2.36. The number of nitrogens with one attached hydrogen (secondary N) is 1. The molecular weight excluding hydrogens is 431 g/mol. The van der Waals surface area contributed by atoms with Gasteiger partial charge in [-0.3, -0.25) is 9.59 Å². The highest BCUT2D eigenvalue weighted by Gasteiger charge is 2.41. The lowest BCUT2D eigenvalue weighted by molar-refractivity contribution is -0.174. The number of amides is 1. The molecule has 2 aromatic carbocycles. The number of halogens is 3. The van der Waals surface area contributed by atoms with E-state index in [1.165, 1.54) is 46.6 Å². The van der Waals surface area contributed by atoms with E-state index in [2.05, 4.69) is 0 Å². The predicted octanol–water partition coefficient (Wildman–Crippen LogP) is 3.41. The molecule has 0 aliphatic heterocycles. The topological polar surface area (TPSA) is 83.1 Å². The number of carbonyl (C=O) groups is 1. The molecule has 0 fully saturated rings. The zero-order valence-corrected chi connectivity index (χ0v) is 17.9. The second-order valence-electron chi connectivity index (χ2n) is 7.02. The molecule has 0 radical (unpaired) electrons. The normalized spacial score (nSPS) is 15.0. The fourth-order valence-electron chi connectivity index (χ4n) is 3.85. The second kappa shape index (κ2) is 8.97. The number of hydrogen-bond acceptors (Lipinski definition) is 6. The highest BCUT2D eigenvalue weighted by atomic mass is 19.4. The number of ether oxygens (including phenoxy) is 4. The van der Waals surface area contributed by atoms with Crippen molar-refractivity contribution in [3.05, 3.63) is 45.6 Å². The smallest absolute Gasteiger partial charge is 0.471 e. The van der Waals surface area contributed by atoms with E-state index in [0.29, 0.717) is 40.4 Å². The lowest BCUT2D eigenvalue weighted by Gasteiger charge is -2.20. The van der Waals surface area contributed by atoms with Crippen molar-refractivity contribution in [2.45, 2.75) is 25.1 Å². The molecule has 1 N–H and O–H groups in total. The minimum Gasteiger partial charge on any atom is -0.493 e. The molecule has 10 heteroatoms. The van der Waals surface area contributed by atoms with E-state index in [4.69, 9.17) is 18.9 Å². The maximum absolute atomic E-state index is 13.0. The Hall–Kier alpha value is -3.43. The molecule has 0 aromatic heterocycles. The van der Waals surface area contributed by atoms with Crippen LogP contribution >= 0.6 is 0 Å². The molecule has 1 aliphatic rings. The third-order valence-electron chi connectivity index (χ3n) is 5.28. The molecule has 3 rings (SSSR count). The third kappa shape index (κ3) is 4.17. The van der Waals surface area contributed by atoms with Crippen molar-refractivity contribution in [2.24, 2.45) is 0 Å². The Morgan fingerprint density at radius 3 is 2.19 bits per heavy atom. The number of fused-ring (bicyclic) bond motifs is 3. The van der Waals surface area contributed by atoms with Gasteiger partial charge in [0.15, 0.2) is 17.2 Å². The van der Waals surface area contributed by atoms with Crippen LogP contribution < -0.4 is 29.7 Å². The van der Waals surface area contributed by atoms with Crippen molar-refractivity contribution in [2.75, 3.05) is 28.4 Å². The summed E-state index contributed by atoms with van der Waals surface area (Å²) in [5.41, 5.74) is 1.44. The quantitative estimate of drug-likeness (QED) is 0.747. The summed E-state index contributed by atoms with van der Waals surface area (Å²) in [7, 11) is 5.59. The van der Waals surface area contributed by atoms with Gasteiger partial charge >= 0.3 is 12.1 Å². The molecule has 0 saturated heterocycles. The van der Waals surface area contributed by atoms with Gasteiger partial charge in [-0.2, -0.15) is 13.2 Å². The third-order valence-corrected chi connectivity index (χ3v) is 5.28. The first-order chi connectivity index (χ1) is 15.2. The number of carbonyl (C=O) groups excluding carboxylic acids is 1. The van der Waals surface area contributed by atoms with E-state index < -0.39 is 23.6 Å². The summed E-state index contributed by atoms with van der Waals surface area (Å²) in [6.07, 6.45) is -4.64. The van der Waals surface area contributed by atoms with Crippen molar-refractivity contribution in [3.63, 3.8) is 0 Å². The summed E-state index contributed by atoms with van der Waals surface area (Å²) in [6, 6.07) is 4.74. The summed E-state index contributed by atoms with van der Waals surface area (Å²) in [4.78, 5) is 24.2. The van der Waals surface area contributed by atoms with Crippen LogP contribution in [-0.2, 0) is 11.2 Å². The van der Waals surface area contributed by atoms with Gasteiger partial charge in [0.25, 0.3) is 0 Å². The van der Waals surface area contributed by atoms with Gasteiger partial charge in [0.1, 0.15) is 0 Å². The highest BCUT2D eigenvalue weighted by molar-refractivity contribution is 5.85. The molecular formula is C22H22F3NO6. The molecule has 172 valence electrons. The number of alkyl halides is 3. The van der Waals surface area contributed by atoms with Crippen LogP contribution in [0.5, 0.6) is 23.0 Å². The van der Waals surface area contributed by atoms with Gasteiger partial charge in [-0.15, -0.1) is 0 Å². The Labute approximate surface area is 182 Å². The summed E-state index contributed by atoms with van der Waals surface area (Å²) in [5, 5.41) is 2.04. The Morgan fingerprint density at radius 2 is 1.62 bits per heavy atom. The molecule has 0 saturated carbocycles. The van der Waals surface area contributed by atoms with Crippen LogP contribution in [0.15, 0.2) is 29.1 Å². The van der Waals surface area contributed by atoms with E-state index in [0.717, 1.165) is 0 Å². The minimum absolute atomic E-state index is 0.0691. The van der Waals surface area contributed by atoms with E-state index >= 15 is 0 Å². The van der Waals surface area contributed by atoms with Gasteiger partial charge < -0.3 is 24.3 Å². The van der Waals surface area contributed by atoms with Crippen LogP contribution in [0.3, 0.4) is 0 Å². The van der Waals surface area contributed by atoms with Crippen LogP contribution in [0.1, 0.15) is 23.6 Å². The molecule has 7 nitrogen and oxygen atoms in total. The lowest BCUT2D eigenvalue weighted by atomic mass is 9.95. The molecule has 1 aliphatic carbocycles. The average molecular weight is 453 g/mol. The predicted molar refractivity (Wildman–Crippen MR) is 110 cm³/mol. The summed E-state index contributed by atoms with van der Waals surface area (Å²) in [5.74, 6) is -1.18. The second-order valence-corrected chi connectivity index (χ2v) is 7.02. The van der Waals surface area contributed by atoms with Crippen molar-refractivity contribution in [3.8, 4) is 34.1 Å². The SMILES string of the molecule is COc1cc2c(c(OC)c1OC)-c1ccc(=O)c(OC)cc1[C@@H](NC(=O)C(F)(F)F)CC2. The van der Waals surface area contributed by atoms with E-state index in [1.807, 2.05) is 5.32 Å². The Kier molecular flexibility index (Phi) is 6.52. The van der Waals surface area contributed by atoms with Crippen LogP contribution in [0, 0.1) is 0 Å². The first kappa shape index (κ1) is 23.2. The molecule has 0 bridgehead atoms. The van der Waals surface area contributed by atoms with Gasteiger partial charge in [0.2, 0.25) is 11.2 Å². The monoisotopic (exact) mass is 453 g/mol. The van der Waals surface area contributed by atoms with Gasteiger partial charge in [-0.25, -0.2) is 0 Å². The van der Waals surface area contributed by atoms with Crippen molar-refractivity contribution in [1.29, 1.82) is 0 Å². The first-order valence-electron chi connectivity index (χ1n) is 9.58. The lowest BCUT2D eigenvalue weighted by Crippen LogP contribution is -2.39. The van der Waals surface area contributed by atoms with Crippen molar-refractivity contribution < 1.29 is 36.9 Å². The van der Waals surface area contributed by atoms with Gasteiger partial charge in [-0.05, 0) is 53.8 Å². The van der Waals surface area contributed by atoms with E-state index in [1.54, 1.807) is 6.07 Å². The molecule has 2 aromatic rings. The fourth-order valence-corrected chi connectivity index (χ4v) is 3.85. The number of rotatable bonds is 5. The Morgan fingerprint density at radius 1 is 0.969 bits per heavy atom. The van der Waals surface area contributed by atoms with Crippen LogP contribution in [0.4, 0.5) is 13.2 Å². The largest absolute Gasteiger partial charge is 0.493 e. The van der Waals surface area contributed by atoms with Gasteiger partial charge in [-0.1, -0.05) is 0 Å². The maximum Gasteiger partial charge on any atom is 0.471 e. The molecule has 32 heavy (non-hydrogen) atoms. The van der Waals surface area contributed by atoms with Crippen LogP contribution in [0.2, 0.25) is 0 Å². The zero-order chi connectivity index (χ0) is 23.6. The highest BCUT2D eigenvalue weighted by Crippen LogP contribution is 2.50. The maximum atomic E-state index is 13.0. The molecule has 0 heterocycles. The van der Waals surface area contributed by atoms with Crippen molar-refractivity contribution >= 4 is 5.91 Å². The molecule has 1 amide bonds. The summed E-state index contributed by atoms with van der Waals surface area (Å²) >= 11 is 0. The Bertz CT molecular complexity index is 1100. The van der Waals surface area contributed by atoms with Crippen molar-refractivity contribution in [1.82, 2.24) is 5.32 Å². The zero-order valence-electron chi connectivity index (χ0n) is 17.9. The first-order valence-corrected chi connectivity index (χ1v) is 9.58. The minimum atomic E-state index is -5.06. The van der Waals surface area contributed by atoms with Gasteiger partial charge in [0.05, 0.1) is 34.5 Å². The summed E-state index contributed by atoms with van der Waals surface area (Å²) < 4.78 is 60.6. The van der Waals surface area contributed by atoms with Crippen LogP contribution in [-0.4, -0.2) is 40.5 Å². The summed E-state index contributed by atoms with van der Waals surface area (Å²) in [6.45, 7) is 0. The number of benzene rings is 1. The van der Waals surface area contributed by atoms with E-state index in [-0.39, 0.29) is 17.7 Å². The molecule has 1 atom stereocenters. The standard InChI is InChI=1S/C22H22F3NO6/c1-29-16-10-13-12(6-8-15(16)27)18-11(5-7-14(13)26-21(28)22(23,24)25)9-17(30-2)19(31-3)20(18)32-4/h6,8-10,14H,5,7H2,1-4H3,(H,26,28)/t14-/m0/s1. The van der Waals surface area contributed by atoms with Crippen LogP contribution in [0.25, 0.3) is 11.1 Å². The average Bonchev–Trinajstić information content (AvgIpc) is 3.01. The fraction of sp³-hybridized carbons (Fsp3) is 0.364.